The van der Waals surface area contributed by atoms with Gasteiger partial charge >= 0.3 is 0 Å². The van der Waals surface area contributed by atoms with Crippen LogP contribution in [-0.4, -0.2) is 86.7 Å². The number of hydrogen-bond acceptors (Lipinski definition) is 4. The van der Waals surface area contributed by atoms with Crippen molar-refractivity contribution in [2.75, 3.05) is 53.0 Å². The van der Waals surface area contributed by atoms with Gasteiger partial charge in [0.15, 0.2) is 5.96 Å². The van der Waals surface area contributed by atoms with Crippen molar-refractivity contribution in [3.05, 3.63) is 0 Å². The summed E-state index contributed by atoms with van der Waals surface area (Å²) in [5.41, 5.74) is 0. The molecule has 1 saturated carbocycles. The molecular formula is C24H45N5O2. The van der Waals surface area contributed by atoms with Gasteiger partial charge in [0.05, 0.1) is 13.2 Å². The van der Waals surface area contributed by atoms with Gasteiger partial charge in [-0.3, -0.25) is 14.7 Å². The number of amides is 1. The second-order valence-corrected chi connectivity index (χ2v) is 9.49. The molecule has 2 aliphatic heterocycles. The lowest BCUT2D eigenvalue weighted by atomic mass is 9.88. The molecule has 7 heteroatoms. The van der Waals surface area contributed by atoms with Crippen LogP contribution in [0.15, 0.2) is 4.99 Å². The van der Waals surface area contributed by atoms with Crippen LogP contribution in [0.3, 0.4) is 0 Å². The lowest BCUT2D eigenvalue weighted by molar-refractivity contribution is -0.135. The summed E-state index contributed by atoms with van der Waals surface area (Å²) >= 11 is 0. The summed E-state index contributed by atoms with van der Waals surface area (Å²) in [4.78, 5) is 22.0. The third-order valence-corrected chi connectivity index (χ3v) is 7.61. The van der Waals surface area contributed by atoms with E-state index in [0.717, 1.165) is 71.2 Å². The van der Waals surface area contributed by atoms with E-state index in [1.165, 1.54) is 32.1 Å². The van der Waals surface area contributed by atoms with E-state index in [1.54, 1.807) is 0 Å². The fraction of sp³-hybridized carbons (Fsp3) is 0.917. The van der Waals surface area contributed by atoms with Gasteiger partial charge in [-0.2, -0.15) is 0 Å². The van der Waals surface area contributed by atoms with Crippen LogP contribution >= 0.6 is 0 Å². The molecule has 0 radical (unpaired) electrons. The highest BCUT2D eigenvalue weighted by atomic mass is 16.5. The lowest BCUT2D eigenvalue weighted by Crippen LogP contribution is -2.54. The van der Waals surface area contributed by atoms with Crippen LogP contribution in [0.4, 0.5) is 0 Å². The normalized spacial score (nSPS) is 25.1. The van der Waals surface area contributed by atoms with E-state index in [1.807, 2.05) is 7.05 Å². The van der Waals surface area contributed by atoms with Crippen molar-refractivity contribution in [1.29, 1.82) is 0 Å². The van der Waals surface area contributed by atoms with Crippen molar-refractivity contribution in [2.24, 2.45) is 16.8 Å². The van der Waals surface area contributed by atoms with Crippen molar-refractivity contribution in [2.45, 2.75) is 77.3 Å². The molecule has 0 spiro atoms. The summed E-state index contributed by atoms with van der Waals surface area (Å²) in [5, 5.41) is 7.19. The summed E-state index contributed by atoms with van der Waals surface area (Å²) in [5.74, 6) is 2.17. The van der Waals surface area contributed by atoms with Crippen molar-refractivity contribution in [1.82, 2.24) is 20.4 Å². The average Bonchev–Trinajstić information content (AvgIpc) is 3.30. The van der Waals surface area contributed by atoms with Crippen LogP contribution in [0.2, 0.25) is 0 Å². The summed E-state index contributed by atoms with van der Waals surface area (Å²) in [6, 6.07) is 0.777. The Morgan fingerprint density at radius 1 is 1.06 bits per heavy atom. The molecule has 3 fully saturated rings. The van der Waals surface area contributed by atoms with Gasteiger partial charge in [0.25, 0.3) is 0 Å². The van der Waals surface area contributed by atoms with E-state index in [4.69, 9.17) is 4.74 Å². The molecule has 0 aromatic carbocycles. The first-order valence-corrected chi connectivity index (χ1v) is 12.7. The van der Waals surface area contributed by atoms with E-state index >= 15 is 0 Å². The highest BCUT2D eigenvalue weighted by Crippen LogP contribution is 2.27. The second-order valence-electron chi connectivity index (χ2n) is 9.49. The second kappa shape index (κ2) is 12.6. The molecule has 2 heterocycles. The Morgan fingerprint density at radius 2 is 1.77 bits per heavy atom. The molecule has 1 amide bonds. The largest absolute Gasteiger partial charge is 0.379 e. The number of rotatable bonds is 8. The summed E-state index contributed by atoms with van der Waals surface area (Å²) in [6.45, 7) is 10.8. The molecule has 1 aliphatic carbocycles. The van der Waals surface area contributed by atoms with Gasteiger partial charge in [-0.1, -0.05) is 46.0 Å². The molecule has 7 nitrogen and oxygen atoms in total. The maximum atomic E-state index is 12.9. The van der Waals surface area contributed by atoms with Gasteiger partial charge < -0.3 is 20.3 Å². The zero-order valence-electron chi connectivity index (χ0n) is 20.1. The monoisotopic (exact) mass is 435 g/mol. The molecule has 0 bridgehead atoms. The molecule has 3 rings (SSSR count). The quantitative estimate of drug-likeness (QED) is 0.453. The highest BCUT2D eigenvalue weighted by Gasteiger charge is 2.32. The molecule has 0 aromatic heterocycles. The van der Waals surface area contributed by atoms with Crippen molar-refractivity contribution in [3.8, 4) is 0 Å². The van der Waals surface area contributed by atoms with E-state index in [0.29, 0.717) is 17.9 Å². The number of nitrogens with one attached hydrogen (secondary N) is 2. The Kier molecular flexibility index (Phi) is 9.91. The lowest BCUT2D eigenvalue weighted by Gasteiger charge is -2.39. The summed E-state index contributed by atoms with van der Waals surface area (Å²) < 4.78 is 5.58. The SMILES string of the molecule is CCC(CC)C(CNC(=NC)NC1CCN(C(=O)C2CCCCC2)C1)N1CCOCC1. The van der Waals surface area contributed by atoms with Crippen LogP contribution in [-0.2, 0) is 9.53 Å². The van der Waals surface area contributed by atoms with E-state index in [9.17, 15) is 4.79 Å². The maximum Gasteiger partial charge on any atom is 0.225 e. The molecular weight excluding hydrogens is 390 g/mol. The number of guanidine groups is 1. The Morgan fingerprint density at radius 3 is 2.42 bits per heavy atom. The smallest absolute Gasteiger partial charge is 0.225 e. The summed E-state index contributed by atoms with van der Waals surface area (Å²) in [6.07, 6.45) is 9.24. The zero-order valence-corrected chi connectivity index (χ0v) is 20.1. The van der Waals surface area contributed by atoms with Crippen LogP contribution in [0.5, 0.6) is 0 Å². The van der Waals surface area contributed by atoms with Crippen LogP contribution in [0, 0.1) is 11.8 Å². The first kappa shape index (κ1) is 24.3. The molecule has 2 N–H and O–H groups in total. The third kappa shape index (κ3) is 6.82. The molecule has 2 saturated heterocycles. The maximum absolute atomic E-state index is 12.9. The minimum absolute atomic E-state index is 0.263. The third-order valence-electron chi connectivity index (χ3n) is 7.61. The number of hydrogen-bond donors (Lipinski definition) is 2. The van der Waals surface area contributed by atoms with Crippen molar-refractivity contribution >= 4 is 11.9 Å². The zero-order chi connectivity index (χ0) is 22.1. The summed E-state index contributed by atoms with van der Waals surface area (Å²) in [7, 11) is 1.84. The Hall–Kier alpha value is -1.34. The molecule has 31 heavy (non-hydrogen) atoms. The highest BCUT2D eigenvalue weighted by molar-refractivity contribution is 5.81. The minimum atomic E-state index is 0.263. The van der Waals surface area contributed by atoms with E-state index in [-0.39, 0.29) is 12.0 Å². The number of aliphatic imine (C=N–C) groups is 1. The molecule has 3 aliphatic rings. The molecule has 178 valence electrons. The standard InChI is InChI=1S/C24H45N5O2/c1-4-19(5-2)22(28-13-15-31-16-14-28)17-26-24(25-3)27-21-11-12-29(18-21)23(30)20-9-7-6-8-10-20/h19-22H,4-18H2,1-3H3,(H2,25,26,27). The topological polar surface area (TPSA) is 69.2 Å². The Labute approximate surface area is 189 Å². The first-order valence-electron chi connectivity index (χ1n) is 12.7. The fourth-order valence-corrected chi connectivity index (χ4v) is 5.61. The Bertz CT molecular complexity index is 568. The van der Waals surface area contributed by atoms with E-state index in [2.05, 4.69) is 39.3 Å². The van der Waals surface area contributed by atoms with Gasteiger partial charge in [0.2, 0.25) is 5.91 Å². The first-order chi connectivity index (χ1) is 15.2. The number of nitrogens with zero attached hydrogens (tertiary/aromatic N) is 3. The van der Waals surface area contributed by atoms with Crippen LogP contribution in [0.25, 0.3) is 0 Å². The van der Waals surface area contributed by atoms with E-state index < -0.39 is 0 Å². The molecule has 0 aromatic rings. The predicted molar refractivity (Wildman–Crippen MR) is 126 cm³/mol. The van der Waals surface area contributed by atoms with Gasteiger partial charge in [0, 0.05) is 57.8 Å². The number of ether oxygens (including phenoxy) is 1. The van der Waals surface area contributed by atoms with Gasteiger partial charge in [0.1, 0.15) is 0 Å². The Balaban J connectivity index is 1.49. The number of carbonyl (C=O) groups is 1. The number of carbonyl (C=O) groups excluding carboxylic acids is 1. The van der Waals surface area contributed by atoms with Gasteiger partial charge in [-0.25, -0.2) is 0 Å². The molecule has 2 atom stereocenters. The van der Waals surface area contributed by atoms with Crippen molar-refractivity contribution in [3.63, 3.8) is 0 Å². The fourth-order valence-electron chi connectivity index (χ4n) is 5.61. The van der Waals surface area contributed by atoms with Crippen LogP contribution in [0.1, 0.15) is 65.2 Å². The number of morpholine rings is 1. The number of likely N-dealkylation sites (tertiary alicyclic amines) is 1. The van der Waals surface area contributed by atoms with Gasteiger partial charge in [-0.15, -0.1) is 0 Å². The molecule has 2 unspecified atom stereocenters. The van der Waals surface area contributed by atoms with Crippen molar-refractivity contribution < 1.29 is 9.53 Å². The average molecular weight is 436 g/mol. The minimum Gasteiger partial charge on any atom is -0.379 e. The van der Waals surface area contributed by atoms with Crippen LogP contribution < -0.4 is 10.6 Å². The predicted octanol–water partition coefficient (Wildman–Crippen LogP) is 2.47. The van der Waals surface area contributed by atoms with Gasteiger partial charge in [-0.05, 0) is 25.2 Å².